The zero-order valence-corrected chi connectivity index (χ0v) is 17.7. The third kappa shape index (κ3) is 3.73. The summed E-state index contributed by atoms with van der Waals surface area (Å²) in [6.07, 6.45) is 2.57. The van der Waals surface area contributed by atoms with E-state index in [-0.39, 0.29) is 30.0 Å². The Balaban J connectivity index is 1.46. The first-order valence-corrected chi connectivity index (χ1v) is 11.3. The summed E-state index contributed by atoms with van der Waals surface area (Å²) in [4.78, 5) is 2.19. The average molecular weight is 418 g/mol. The molecule has 162 valence electrons. The number of aliphatic hydroxyl groups excluding tert-OH is 2. The summed E-state index contributed by atoms with van der Waals surface area (Å²) in [6.45, 7) is 5.58. The Kier molecular flexibility index (Phi) is 6.28. The Morgan fingerprint density at radius 2 is 2.00 bits per heavy atom. The van der Waals surface area contributed by atoms with Crippen LogP contribution in [0.3, 0.4) is 0 Å². The molecule has 0 aromatic rings. The van der Waals surface area contributed by atoms with E-state index in [2.05, 4.69) is 22.5 Å². The number of hydrogen-bond donors (Lipinski definition) is 5. The first-order chi connectivity index (χ1) is 13.3. The molecule has 3 aliphatic heterocycles. The minimum Gasteiger partial charge on any atom is -0.396 e. The van der Waals surface area contributed by atoms with Crippen molar-refractivity contribution in [1.29, 1.82) is 0 Å². The van der Waals surface area contributed by atoms with Crippen LogP contribution in [0.5, 0.6) is 0 Å². The van der Waals surface area contributed by atoms with Crippen LogP contribution in [0.25, 0.3) is 0 Å². The molecular formula is C20H36ClN3O4. The van der Waals surface area contributed by atoms with Gasteiger partial charge < -0.3 is 25.4 Å². The fourth-order valence-electron chi connectivity index (χ4n) is 5.89. The predicted molar refractivity (Wildman–Crippen MR) is 107 cm³/mol. The monoisotopic (exact) mass is 417 g/mol. The highest BCUT2D eigenvalue weighted by atomic mass is 35.5. The molecule has 1 saturated carbocycles. The number of nitrogens with zero attached hydrogens (tertiary/aromatic N) is 1. The fraction of sp³-hybridized carbons (Fsp3) is 1.00. The maximum atomic E-state index is 11.1. The van der Waals surface area contributed by atoms with E-state index in [0.29, 0.717) is 18.4 Å². The van der Waals surface area contributed by atoms with Gasteiger partial charge in [-0.3, -0.25) is 10.2 Å². The second-order valence-corrected chi connectivity index (χ2v) is 10.2. The van der Waals surface area contributed by atoms with Gasteiger partial charge >= 0.3 is 0 Å². The van der Waals surface area contributed by atoms with Crippen molar-refractivity contribution >= 4 is 11.6 Å². The number of aliphatic hydroxyl groups is 3. The van der Waals surface area contributed by atoms with Crippen LogP contribution in [0.2, 0.25) is 0 Å². The molecule has 4 fully saturated rings. The van der Waals surface area contributed by atoms with Crippen LogP contribution < -0.4 is 10.6 Å². The lowest BCUT2D eigenvalue weighted by Crippen LogP contribution is -2.62. The Labute approximate surface area is 172 Å². The van der Waals surface area contributed by atoms with Gasteiger partial charge in [0.05, 0.1) is 12.3 Å². The third-order valence-corrected chi connectivity index (χ3v) is 8.24. The lowest BCUT2D eigenvalue weighted by Gasteiger charge is -2.40. The summed E-state index contributed by atoms with van der Waals surface area (Å²) in [5.74, 6) is 0.854. The van der Waals surface area contributed by atoms with E-state index in [1.54, 1.807) is 6.92 Å². The lowest BCUT2D eigenvalue weighted by atomic mass is 9.74. The number of halogens is 1. The molecule has 5 N–H and O–H groups in total. The van der Waals surface area contributed by atoms with Crippen molar-refractivity contribution in [2.75, 3.05) is 19.8 Å². The molecule has 4 aliphatic rings. The number of hydrogen-bond acceptors (Lipinski definition) is 7. The normalized spacial score (nSPS) is 52.7. The molecule has 8 heteroatoms. The van der Waals surface area contributed by atoms with Crippen molar-refractivity contribution in [2.24, 2.45) is 17.8 Å². The van der Waals surface area contributed by atoms with Crippen LogP contribution in [-0.4, -0.2) is 81.7 Å². The van der Waals surface area contributed by atoms with Crippen LogP contribution in [0.1, 0.15) is 46.0 Å². The number of alkyl halides is 1. The molecule has 0 aromatic carbocycles. The Morgan fingerprint density at radius 3 is 2.75 bits per heavy atom. The van der Waals surface area contributed by atoms with Gasteiger partial charge in [0.1, 0.15) is 17.9 Å². The van der Waals surface area contributed by atoms with Crippen molar-refractivity contribution in [2.45, 2.75) is 87.6 Å². The van der Waals surface area contributed by atoms with Crippen LogP contribution in [-0.2, 0) is 4.74 Å². The van der Waals surface area contributed by atoms with E-state index < -0.39 is 24.0 Å². The average Bonchev–Trinajstić information content (AvgIpc) is 3.18. The third-order valence-electron chi connectivity index (χ3n) is 7.84. The molecule has 28 heavy (non-hydrogen) atoms. The highest BCUT2D eigenvalue weighted by molar-refractivity contribution is 6.20. The quantitative estimate of drug-likeness (QED) is 0.423. The van der Waals surface area contributed by atoms with Gasteiger partial charge in [0.15, 0.2) is 0 Å². The molecule has 6 unspecified atom stereocenters. The van der Waals surface area contributed by atoms with Crippen LogP contribution in [0.4, 0.5) is 0 Å². The minimum atomic E-state index is -1.31. The van der Waals surface area contributed by atoms with Crippen molar-refractivity contribution in [1.82, 2.24) is 15.5 Å². The zero-order valence-electron chi connectivity index (χ0n) is 16.9. The van der Waals surface area contributed by atoms with Crippen LogP contribution >= 0.6 is 11.6 Å². The summed E-state index contributed by atoms with van der Waals surface area (Å²) in [6, 6.07) is 0.419. The summed E-state index contributed by atoms with van der Waals surface area (Å²) >= 11 is 6.29. The van der Waals surface area contributed by atoms with E-state index in [9.17, 15) is 15.3 Å². The number of ether oxygens (including phenoxy) is 1. The smallest absolute Gasteiger partial charge is 0.141 e. The molecule has 4 rings (SSSR count). The van der Waals surface area contributed by atoms with Gasteiger partial charge in [0.25, 0.3) is 0 Å². The Hall–Kier alpha value is 0.01000. The molecule has 0 radical (unpaired) electrons. The van der Waals surface area contributed by atoms with Crippen LogP contribution in [0.15, 0.2) is 0 Å². The summed E-state index contributed by atoms with van der Waals surface area (Å²) < 4.78 is 6.33. The molecular weight excluding hydrogens is 382 g/mol. The molecule has 0 amide bonds. The topological polar surface area (TPSA) is 97.2 Å². The Morgan fingerprint density at radius 1 is 1.21 bits per heavy atom. The van der Waals surface area contributed by atoms with Crippen molar-refractivity contribution in [3.63, 3.8) is 0 Å². The van der Waals surface area contributed by atoms with Crippen molar-refractivity contribution < 1.29 is 20.1 Å². The maximum absolute atomic E-state index is 11.1. The van der Waals surface area contributed by atoms with Gasteiger partial charge in [-0.1, -0.05) is 0 Å². The van der Waals surface area contributed by atoms with Gasteiger partial charge in [0, 0.05) is 37.2 Å². The molecule has 3 saturated heterocycles. The first-order valence-electron chi connectivity index (χ1n) is 10.9. The van der Waals surface area contributed by atoms with Gasteiger partial charge in [-0.25, -0.2) is 0 Å². The summed E-state index contributed by atoms with van der Waals surface area (Å²) in [7, 11) is 0. The summed E-state index contributed by atoms with van der Waals surface area (Å²) in [5, 5.41) is 38.9. The highest BCUT2D eigenvalue weighted by Gasteiger charge is 2.57. The number of fused-ring (bicyclic) bond motifs is 1. The molecule has 10 atom stereocenters. The molecule has 7 nitrogen and oxygen atoms in total. The van der Waals surface area contributed by atoms with Crippen molar-refractivity contribution in [3.05, 3.63) is 0 Å². The van der Waals surface area contributed by atoms with E-state index in [1.807, 2.05) is 0 Å². The maximum Gasteiger partial charge on any atom is 0.141 e. The van der Waals surface area contributed by atoms with E-state index >= 15 is 0 Å². The SMILES string of the molecule is CC1NCNC2C1CCN2[C@@H]1O[C@H](CC2CCC(Cl)CC2CO)[C@@](C)(O)[C@H]1O. The van der Waals surface area contributed by atoms with Gasteiger partial charge in [-0.15, -0.1) is 11.6 Å². The molecule has 3 heterocycles. The molecule has 0 bridgehead atoms. The van der Waals surface area contributed by atoms with Gasteiger partial charge in [0.2, 0.25) is 0 Å². The second kappa shape index (κ2) is 8.27. The number of nitrogens with one attached hydrogen (secondary N) is 2. The zero-order chi connectivity index (χ0) is 20.1. The number of rotatable bonds is 4. The van der Waals surface area contributed by atoms with Crippen molar-refractivity contribution in [3.8, 4) is 0 Å². The molecule has 1 aliphatic carbocycles. The van der Waals surface area contributed by atoms with Crippen LogP contribution in [0, 0.1) is 17.8 Å². The largest absolute Gasteiger partial charge is 0.396 e. The first kappa shape index (κ1) is 21.2. The van der Waals surface area contributed by atoms with Gasteiger partial charge in [-0.2, -0.15) is 0 Å². The summed E-state index contributed by atoms with van der Waals surface area (Å²) in [5.41, 5.74) is -1.31. The van der Waals surface area contributed by atoms with Gasteiger partial charge in [-0.05, 0) is 57.8 Å². The minimum absolute atomic E-state index is 0.111. The van der Waals surface area contributed by atoms with E-state index in [1.165, 1.54) is 0 Å². The van der Waals surface area contributed by atoms with E-state index in [4.69, 9.17) is 16.3 Å². The lowest BCUT2D eigenvalue weighted by molar-refractivity contribution is -0.110. The highest BCUT2D eigenvalue weighted by Crippen LogP contribution is 2.43. The molecule has 0 spiro atoms. The van der Waals surface area contributed by atoms with E-state index in [0.717, 1.165) is 38.9 Å². The standard InChI is InChI=1S/C20H36ClN3O4/c1-11-15-5-6-24(18(15)23-10-22-11)19-17(26)20(2,27)16(28-19)8-12-3-4-14(21)7-13(12)9-25/h11-19,22-23,25-27H,3-10H2,1-2H3/t11?,12?,13?,14?,15?,16-,17+,18?,19-,20-/m1/s1. The predicted octanol–water partition coefficient (Wildman–Crippen LogP) is 0.416. The molecule has 0 aromatic heterocycles. The number of likely N-dealkylation sites (tertiary alicyclic amines) is 1. The fourth-order valence-corrected chi connectivity index (χ4v) is 6.24. The Bertz CT molecular complexity index is 554. The second-order valence-electron chi connectivity index (χ2n) is 9.54.